The molecule has 0 amide bonds. The first-order chi connectivity index (χ1) is 16.4. The highest BCUT2D eigenvalue weighted by Gasteiger charge is 2.08. The Morgan fingerprint density at radius 3 is 1.68 bits per heavy atom. The Kier molecular flexibility index (Phi) is 23.2. The lowest BCUT2D eigenvalue weighted by atomic mass is 10.0. The average molecular weight is 473 g/mol. The van der Waals surface area contributed by atoms with E-state index in [1.807, 2.05) is 19.9 Å². The van der Waals surface area contributed by atoms with E-state index < -0.39 is 6.10 Å². The van der Waals surface area contributed by atoms with Gasteiger partial charge in [0.25, 0.3) is 0 Å². The summed E-state index contributed by atoms with van der Waals surface area (Å²) in [5.41, 5.74) is 11.3. The van der Waals surface area contributed by atoms with Crippen LogP contribution in [-0.2, 0) is 0 Å². The molecule has 0 aliphatic heterocycles. The van der Waals surface area contributed by atoms with Gasteiger partial charge in [-0.2, -0.15) is 0 Å². The Morgan fingerprint density at radius 2 is 1.03 bits per heavy atom. The number of rotatable bonds is 21. The van der Waals surface area contributed by atoms with Gasteiger partial charge in [0, 0.05) is 12.1 Å². The van der Waals surface area contributed by atoms with Crippen molar-refractivity contribution in [1.82, 2.24) is 0 Å². The maximum absolute atomic E-state index is 9.66. The molecule has 4 unspecified atom stereocenters. The Hall–Kier alpha value is -1.72. The molecule has 6 N–H and O–H groups in total. The largest absolute Gasteiger partial charge is 0.392 e. The molecule has 0 radical (unpaired) electrons. The third-order valence-electron chi connectivity index (χ3n) is 5.58. The zero-order valence-electron chi connectivity index (χ0n) is 21.8. The topological polar surface area (TPSA) is 92.5 Å². The molecule has 0 aliphatic carbocycles. The number of allylic oxidation sites excluding steroid dienone is 11. The Bertz CT molecular complexity index is 615. The van der Waals surface area contributed by atoms with Crippen LogP contribution in [0.2, 0.25) is 0 Å². The lowest BCUT2D eigenvalue weighted by Crippen LogP contribution is -2.31. The molecule has 0 aromatic carbocycles. The minimum absolute atomic E-state index is 0.117. The highest BCUT2D eigenvalue weighted by Crippen LogP contribution is 2.09. The molecule has 0 spiro atoms. The molecule has 0 bridgehead atoms. The molecule has 0 rings (SSSR count). The monoisotopic (exact) mass is 472 g/mol. The van der Waals surface area contributed by atoms with Gasteiger partial charge in [0.15, 0.2) is 0 Å². The zero-order valence-corrected chi connectivity index (χ0v) is 21.8. The first-order valence-corrected chi connectivity index (χ1v) is 13.2. The van der Waals surface area contributed by atoms with Crippen molar-refractivity contribution >= 4 is 0 Å². The van der Waals surface area contributed by atoms with Gasteiger partial charge in [0.05, 0.1) is 12.2 Å². The van der Waals surface area contributed by atoms with Crippen molar-refractivity contribution in [2.75, 3.05) is 0 Å². The van der Waals surface area contributed by atoms with Crippen molar-refractivity contribution in [3.8, 4) is 0 Å². The summed E-state index contributed by atoms with van der Waals surface area (Å²) in [6.07, 6.45) is 37.4. The molecule has 194 valence electrons. The summed E-state index contributed by atoms with van der Waals surface area (Å²) < 4.78 is 0. The summed E-state index contributed by atoms with van der Waals surface area (Å²) in [6.45, 7) is 3.69. The van der Waals surface area contributed by atoms with Crippen LogP contribution in [0.3, 0.4) is 0 Å². The van der Waals surface area contributed by atoms with E-state index in [0.717, 1.165) is 51.4 Å². The lowest BCUT2D eigenvalue weighted by Gasteiger charge is -2.13. The van der Waals surface area contributed by atoms with Gasteiger partial charge in [0.1, 0.15) is 0 Å². The van der Waals surface area contributed by atoms with E-state index in [1.54, 1.807) is 0 Å². The van der Waals surface area contributed by atoms with Crippen molar-refractivity contribution in [1.29, 1.82) is 0 Å². The van der Waals surface area contributed by atoms with E-state index in [4.69, 9.17) is 11.5 Å². The molecule has 0 heterocycles. The van der Waals surface area contributed by atoms with Crippen LogP contribution in [0.5, 0.6) is 0 Å². The highest BCUT2D eigenvalue weighted by molar-refractivity contribution is 5.06. The van der Waals surface area contributed by atoms with Gasteiger partial charge in [0.2, 0.25) is 0 Å². The van der Waals surface area contributed by atoms with E-state index in [0.29, 0.717) is 6.42 Å². The molecular formula is C30H52N2O2. The fraction of sp³-hybridized carbons (Fsp3) is 0.600. The molecule has 0 saturated carbocycles. The van der Waals surface area contributed by atoms with E-state index in [-0.39, 0.29) is 18.2 Å². The second-order valence-corrected chi connectivity index (χ2v) is 9.11. The normalized spacial score (nSPS) is 16.8. The van der Waals surface area contributed by atoms with Crippen LogP contribution in [0, 0.1) is 0 Å². The number of aliphatic hydroxyl groups excluding tert-OH is 2. The predicted molar refractivity (Wildman–Crippen MR) is 150 cm³/mol. The van der Waals surface area contributed by atoms with E-state index in [1.165, 1.54) is 19.3 Å². The number of unbranched alkanes of at least 4 members (excludes halogenated alkanes) is 5. The lowest BCUT2D eigenvalue weighted by molar-refractivity contribution is 0.138. The van der Waals surface area contributed by atoms with Crippen molar-refractivity contribution in [3.05, 3.63) is 72.9 Å². The van der Waals surface area contributed by atoms with Crippen molar-refractivity contribution < 1.29 is 10.2 Å². The van der Waals surface area contributed by atoms with Gasteiger partial charge in [-0.1, -0.05) is 92.2 Å². The molecule has 4 nitrogen and oxygen atoms in total. The summed E-state index contributed by atoms with van der Waals surface area (Å²) >= 11 is 0. The summed E-state index contributed by atoms with van der Waals surface area (Å²) in [5.74, 6) is 0. The molecule has 0 aliphatic rings. The van der Waals surface area contributed by atoms with Crippen LogP contribution in [0.4, 0.5) is 0 Å². The first kappa shape index (κ1) is 32.3. The smallest absolute Gasteiger partial charge is 0.0722 e. The second kappa shape index (κ2) is 24.4. The van der Waals surface area contributed by atoms with Crippen LogP contribution in [0.25, 0.3) is 0 Å². The molecular weight excluding hydrogens is 420 g/mol. The molecule has 0 aromatic rings. The number of hydrogen-bond acceptors (Lipinski definition) is 4. The van der Waals surface area contributed by atoms with Crippen molar-refractivity contribution in [3.63, 3.8) is 0 Å². The molecule has 0 saturated heterocycles. The van der Waals surface area contributed by atoms with Crippen LogP contribution < -0.4 is 11.5 Å². The minimum Gasteiger partial charge on any atom is -0.392 e. The summed E-state index contributed by atoms with van der Waals surface area (Å²) in [7, 11) is 0. The maximum atomic E-state index is 9.66. The van der Waals surface area contributed by atoms with Gasteiger partial charge in [-0.3, -0.25) is 0 Å². The maximum Gasteiger partial charge on any atom is 0.0722 e. The zero-order chi connectivity index (χ0) is 25.3. The minimum atomic E-state index is -0.445. The molecule has 0 aromatic heterocycles. The van der Waals surface area contributed by atoms with Crippen molar-refractivity contribution in [2.45, 2.75) is 115 Å². The highest BCUT2D eigenvalue weighted by atomic mass is 16.3. The Morgan fingerprint density at radius 1 is 0.529 bits per heavy atom. The van der Waals surface area contributed by atoms with Gasteiger partial charge in [-0.15, -0.1) is 0 Å². The van der Waals surface area contributed by atoms with Gasteiger partial charge in [-0.25, -0.2) is 0 Å². The van der Waals surface area contributed by atoms with Crippen LogP contribution >= 0.6 is 0 Å². The molecule has 34 heavy (non-hydrogen) atoms. The number of nitrogens with two attached hydrogens (primary N) is 2. The van der Waals surface area contributed by atoms with Gasteiger partial charge < -0.3 is 21.7 Å². The predicted octanol–water partition coefficient (Wildman–Crippen LogP) is 6.42. The van der Waals surface area contributed by atoms with Gasteiger partial charge >= 0.3 is 0 Å². The third kappa shape index (κ3) is 23.4. The Balaban J connectivity index is 3.55. The standard InChI is InChI=1S/C30H52N2O2/c1-27(31)29(33)25-23-21-19-17-15-13-11-9-7-5-3-4-6-8-10-12-14-16-18-20-22-24-26-30(34)28(2)32/h3,5-6,8-9,11-15,21,23,27-30,33-34H,4,7,10,16-20,22,24-26,31-32H2,1-2H3. The molecule has 0 fully saturated rings. The van der Waals surface area contributed by atoms with E-state index >= 15 is 0 Å². The van der Waals surface area contributed by atoms with Crippen LogP contribution in [-0.4, -0.2) is 34.5 Å². The van der Waals surface area contributed by atoms with Crippen molar-refractivity contribution in [2.24, 2.45) is 11.5 Å². The fourth-order valence-electron chi connectivity index (χ4n) is 3.16. The third-order valence-corrected chi connectivity index (χ3v) is 5.58. The quantitative estimate of drug-likeness (QED) is 0.0881. The van der Waals surface area contributed by atoms with Crippen LogP contribution in [0.15, 0.2) is 72.9 Å². The SMILES string of the molecule is CC(N)C(O)CC=CCCC=CC=CCC=CCC=CCC=CCCCCCCC(O)C(C)N. The molecule has 4 heteroatoms. The van der Waals surface area contributed by atoms with Crippen LogP contribution in [0.1, 0.15) is 90.9 Å². The summed E-state index contributed by atoms with van der Waals surface area (Å²) in [5, 5.41) is 19.3. The Labute approximate surface area is 209 Å². The summed E-state index contributed by atoms with van der Waals surface area (Å²) in [6, 6.07) is -0.291. The average Bonchev–Trinajstić information content (AvgIpc) is 2.81. The first-order valence-electron chi connectivity index (χ1n) is 13.2. The fourth-order valence-corrected chi connectivity index (χ4v) is 3.16. The number of aliphatic hydroxyl groups is 2. The van der Waals surface area contributed by atoms with E-state index in [2.05, 4.69) is 66.8 Å². The van der Waals surface area contributed by atoms with Gasteiger partial charge in [-0.05, 0) is 71.6 Å². The summed E-state index contributed by atoms with van der Waals surface area (Å²) in [4.78, 5) is 0. The van der Waals surface area contributed by atoms with E-state index in [9.17, 15) is 10.2 Å². The molecule has 4 atom stereocenters. The second-order valence-electron chi connectivity index (χ2n) is 9.11. The number of hydrogen-bond donors (Lipinski definition) is 4.